The molecule has 1 aromatic carbocycles. The maximum atomic E-state index is 10.6. The molecule has 0 N–H and O–H groups in total. The molecule has 0 aromatic heterocycles. The zero-order valence-electron chi connectivity index (χ0n) is 6.94. The zero-order valence-corrected chi connectivity index (χ0v) is 7.75. The Balaban J connectivity index is 2.53. The Morgan fingerprint density at radius 1 is 1.23 bits per heavy atom. The second-order valence-corrected chi connectivity index (χ2v) is 3.67. The van der Waals surface area contributed by atoms with E-state index in [-0.39, 0.29) is 0 Å². The fourth-order valence-corrected chi connectivity index (χ4v) is 1.99. The summed E-state index contributed by atoms with van der Waals surface area (Å²) in [4.78, 5) is 11.8. The summed E-state index contributed by atoms with van der Waals surface area (Å²) in [7, 11) is 0. The molecule has 13 heavy (non-hydrogen) atoms. The first kappa shape index (κ1) is 8.32. The van der Waals surface area contributed by atoms with Crippen molar-refractivity contribution < 1.29 is 4.79 Å². The summed E-state index contributed by atoms with van der Waals surface area (Å²) in [5, 5.41) is 1.94. The lowest BCUT2D eigenvalue weighted by atomic mass is 10.1. The fraction of sp³-hybridized carbons (Fsp3) is 0. The van der Waals surface area contributed by atoms with Gasteiger partial charge >= 0.3 is 0 Å². The number of thioether (sulfide) groups is 1. The molecule has 1 aliphatic rings. The number of fused-ring (bicyclic) bond motifs is 1. The lowest BCUT2D eigenvalue weighted by Crippen LogP contribution is -1.79. The molecule has 0 atom stereocenters. The third kappa shape index (κ3) is 1.73. The molecule has 2 rings (SSSR count). The molecule has 0 spiro atoms. The van der Waals surface area contributed by atoms with Crippen LogP contribution in [0.3, 0.4) is 0 Å². The Hall–Kier alpha value is -1.28. The van der Waals surface area contributed by atoms with Crippen molar-refractivity contribution in [2.45, 2.75) is 4.90 Å². The molecule has 1 nitrogen and oxygen atoms in total. The predicted molar refractivity (Wildman–Crippen MR) is 55.5 cm³/mol. The molecule has 0 radical (unpaired) electrons. The number of hydrogen-bond acceptors (Lipinski definition) is 2. The van der Waals surface area contributed by atoms with Gasteiger partial charge in [-0.2, -0.15) is 0 Å². The van der Waals surface area contributed by atoms with Gasteiger partial charge in [-0.15, -0.1) is 0 Å². The monoisotopic (exact) mass is 188 g/mol. The second kappa shape index (κ2) is 3.62. The van der Waals surface area contributed by atoms with E-state index in [0.29, 0.717) is 0 Å². The highest BCUT2D eigenvalue weighted by Crippen LogP contribution is 2.28. The largest absolute Gasteiger partial charge is 0.298 e. The van der Waals surface area contributed by atoms with Crippen molar-refractivity contribution in [1.29, 1.82) is 0 Å². The van der Waals surface area contributed by atoms with Gasteiger partial charge in [0.1, 0.15) is 6.29 Å². The number of allylic oxidation sites excluding steroid dienone is 2. The van der Waals surface area contributed by atoms with E-state index in [0.717, 1.165) is 17.4 Å². The first-order valence-corrected chi connectivity index (χ1v) is 4.87. The number of hydrogen-bond donors (Lipinski definition) is 0. The first-order chi connectivity index (χ1) is 6.40. The van der Waals surface area contributed by atoms with Gasteiger partial charge in [0.05, 0.1) is 0 Å². The molecule has 1 heterocycles. The van der Waals surface area contributed by atoms with Crippen LogP contribution in [-0.2, 0) is 4.79 Å². The van der Waals surface area contributed by atoms with Crippen molar-refractivity contribution in [1.82, 2.24) is 0 Å². The molecule has 0 fully saturated rings. The Kier molecular flexibility index (Phi) is 2.32. The normalized spacial score (nSPS) is 14.3. The van der Waals surface area contributed by atoms with E-state index >= 15 is 0 Å². The van der Waals surface area contributed by atoms with Gasteiger partial charge < -0.3 is 0 Å². The van der Waals surface area contributed by atoms with Crippen LogP contribution >= 0.6 is 11.8 Å². The van der Waals surface area contributed by atoms with Gasteiger partial charge in [0.2, 0.25) is 0 Å². The quantitative estimate of drug-likeness (QED) is 0.630. The smallest absolute Gasteiger partial charge is 0.150 e. The van der Waals surface area contributed by atoms with Crippen LogP contribution in [0.5, 0.6) is 0 Å². The van der Waals surface area contributed by atoms with Crippen molar-refractivity contribution in [3.63, 3.8) is 0 Å². The topological polar surface area (TPSA) is 17.1 Å². The van der Waals surface area contributed by atoms with E-state index in [1.54, 1.807) is 11.8 Å². The van der Waals surface area contributed by atoms with Gasteiger partial charge in [0.25, 0.3) is 0 Å². The highest BCUT2D eigenvalue weighted by atomic mass is 32.2. The molecule has 0 unspecified atom stereocenters. The van der Waals surface area contributed by atoms with Crippen LogP contribution in [0.2, 0.25) is 0 Å². The van der Waals surface area contributed by atoms with Gasteiger partial charge in [-0.3, -0.25) is 4.79 Å². The van der Waals surface area contributed by atoms with E-state index in [4.69, 9.17) is 0 Å². The lowest BCUT2D eigenvalue weighted by molar-refractivity contribution is -0.104. The third-order valence-corrected chi connectivity index (χ3v) is 2.73. The Labute approximate surface area is 81.2 Å². The minimum Gasteiger partial charge on any atom is -0.298 e. The molecular weight excluding hydrogens is 180 g/mol. The average Bonchev–Trinajstić information content (AvgIpc) is 2.38. The van der Waals surface area contributed by atoms with Crippen LogP contribution in [0, 0.1) is 0 Å². The van der Waals surface area contributed by atoms with E-state index in [2.05, 4.69) is 6.07 Å². The summed E-state index contributed by atoms with van der Waals surface area (Å²) in [5.41, 5.74) is 1.83. The molecule has 2 heteroatoms. The lowest BCUT2D eigenvalue weighted by Gasteiger charge is -1.99. The van der Waals surface area contributed by atoms with Crippen molar-refractivity contribution >= 4 is 24.1 Å². The minimum absolute atomic E-state index is 0.720. The van der Waals surface area contributed by atoms with Crippen LogP contribution in [0.25, 0.3) is 6.08 Å². The molecule has 1 aromatic rings. The number of carbonyl (C=O) groups excluding carboxylic acids is 1. The van der Waals surface area contributed by atoms with Gasteiger partial charge in [-0.05, 0) is 29.2 Å². The molecule has 0 bridgehead atoms. The van der Waals surface area contributed by atoms with Crippen LogP contribution in [0.4, 0.5) is 0 Å². The highest BCUT2D eigenvalue weighted by Gasteiger charge is 2.02. The highest BCUT2D eigenvalue weighted by molar-refractivity contribution is 8.02. The number of aldehydes is 1. The van der Waals surface area contributed by atoms with Crippen molar-refractivity contribution in [2.75, 3.05) is 0 Å². The molecule has 0 saturated heterocycles. The summed E-state index contributed by atoms with van der Waals surface area (Å²) in [6.45, 7) is 0. The van der Waals surface area contributed by atoms with E-state index < -0.39 is 0 Å². The number of rotatable bonds is 1. The summed E-state index contributed by atoms with van der Waals surface area (Å²) in [6, 6.07) is 8.04. The van der Waals surface area contributed by atoms with Gasteiger partial charge in [0.15, 0.2) is 0 Å². The fourth-order valence-electron chi connectivity index (χ4n) is 1.19. The molecular formula is C11H8OS. The summed E-state index contributed by atoms with van der Waals surface area (Å²) < 4.78 is 0. The van der Waals surface area contributed by atoms with Crippen molar-refractivity contribution in [2.24, 2.45) is 0 Å². The molecule has 1 aliphatic heterocycles. The van der Waals surface area contributed by atoms with Crippen LogP contribution in [0.15, 0.2) is 46.2 Å². The van der Waals surface area contributed by atoms with Crippen LogP contribution in [-0.4, -0.2) is 6.29 Å². The zero-order chi connectivity index (χ0) is 9.10. The third-order valence-electron chi connectivity index (χ3n) is 1.83. The number of carbonyl (C=O) groups is 1. The molecule has 0 aliphatic carbocycles. The molecule has 0 amide bonds. The second-order valence-electron chi connectivity index (χ2n) is 2.72. The molecule has 0 saturated carbocycles. The van der Waals surface area contributed by atoms with E-state index in [1.807, 2.05) is 35.8 Å². The number of benzene rings is 1. The van der Waals surface area contributed by atoms with Gasteiger partial charge in [-0.25, -0.2) is 0 Å². The van der Waals surface area contributed by atoms with Crippen LogP contribution in [0.1, 0.15) is 5.56 Å². The van der Waals surface area contributed by atoms with Crippen molar-refractivity contribution in [3.8, 4) is 0 Å². The van der Waals surface area contributed by atoms with Gasteiger partial charge in [-0.1, -0.05) is 30.0 Å². The Morgan fingerprint density at radius 3 is 2.92 bits per heavy atom. The Bertz CT molecular complexity index is 391. The Morgan fingerprint density at radius 2 is 2.08 bits per heavy atom. The first-order valence-electron chi connectivity index (χ1n) is 3.99. The average molecular weight is 188 g/mol. The van der Waals surface area contributed by atoms with Gasteiger partial charge in [0, 0.05) is 10.5 Å². The van der Waals surface area contributed by atoms with E-state index in [1.165, 1.54) is 4.90 Å². The summed E-state index contributed by atoms with van der Waals surface area (Å²) in [5.74, 6) is 0. The standard InChI is InChI=1S/C11H8OS/c12-8-9-5-6-13-11-4-2-1-3-10(11)7-9/h1-8H. The van der Waals surface area contributed by atoms with E-state index in [9.17, 15) is 4.79 Å². The predicted octanol–water partition coefficient (Wildman–Crippen LogP) is 2.89. The SMILES string of the molecule is O=CC1=Cc2ccccc2SC=C1. The van der Waals surface area contributed by atoms with Crippen molar-refractivity contribution in [3.05, 3.63) is 46.9 Å². The minimum atomic E-state index is 0.720. The maximum Gasteiger partial charge on any atom is 0.150 e. The molecule has 64 valence electrons. The van der Waals surface area contributed by atoms with Crippen LogP contribution < -0.4 is 0 Å². The summed E-state index contributed by atoms with van der Waals surface area (Å²) >= 11 is 1.64. The maximum absolute atomic E-state index is 10.6. The summed E-state index contributed by atoms with van der Waals surface area (Å²) in [6.07, 6.45) is 4.61.